The molecule has 31 heavy (non-hydrogen) atoms. The number of hydrogen-bond acceptors (Lipinski definition) is 3. The molecule has 0 aliphatic heterocycles. The van der Waals surface area contributed by atoms with Crippen LogP contribution in [0.1, 0.15) is 99.3 Å². The third-order valence-electron chi connectivity index (χ3n) is 7.88. The molecule has 0 aromatic rings. The summed E-state index contributed by atoms with van der Waals surface area (Å²) in [6.45, 7) is 12.4. The summed E-state index contributed by atoms with van der Waals surface area (Å²) >= 11 is 0. The van der Waals surface area contributed by atoms with Gasteiger partial charge in [-0.05, 0) is 95.0 Å². The maximum atomic E-state index is 11.3. The minimum Gasteiger partial charge on any atom is -0.392 e. The molecule has 0 aromatic heterocycles. The Morgan fingerprint density at radius 2 is 2.03 bits per heavy atom. The molecule has 0 unspecified atom stereocenters. The van der Waals surface area contributed by atoms with Crippen molar-refractivity contribution in [2.45, 2.75) is 111 Å². The summed E-state index contributed by atoms with van der Waals surface area (Å²) in [4.78, 5) is 11.3. The van der Waals surface area contributed by atoms with Crippen molar-refractivity contribution in [2.24, 2.45) is 23.2 Å². The zero-order chi connectivity index (χ0) is 23.2. The second-order valence-corrected chi connectivity index (χ2v) is 11.2. The van der Waals surface area contributed by atoms with Crippen LogP contribution in [-0.4, -0.2) is 27.7 Å². The lowest BCUT2D eigenvalue weighted by Crippen LogP contribution is -2.32. The number of Topliss-reactive ketones (excluding diaryl/α,β-unsaturated/α-hetero) is 1. The molecule has 5 atom stereocenters. The monoisotopic (exact) mass is 430 g/mol. The van der Waals surface area contributed by atoms with Crippen LogP contribution in [-0.2, 0) is 4.79 Å². The predicted octanol–water partition coefficient (Wildman–Crippen LogP) is 6.55. The zero-order valence-electron chi connectivity index (χ0n) is 20.8. The molecule has 0 bridgehead atoms. The van der Waals surface area contributed by atoms with Crippen molar-refractivity contribution < 1.29 is 15.0 Å². The Bertz CT molecular complexity index is 694. The molecule has 0 heterocycles. The van der Waals surface area contributed by atoms with Gasteiger partial charge in [0.05, 0.1) is 11.7 Å². The first-order valence-corrected chi connectivity index (χ1v) is 12.4. The van der Waals surface area contributed by atoms with E-state index in [1.807, 2.05) is 13.8 Å². The van der Waals surface area contributed by atoms with Crippen LogP contribution in [0.4, 0.5) is 0 Å². The smallest absolute Gasteiger partial charge is 0.132 e. The molecule has 3 nitrogen and oxygen atoms in total. The van der Waals surface area contributed by atoms with E-state index in [4.69, 9.17) is 0 Å². The van der Waals surface area contributed by atoms with Gasteiger partial charge in [-0.2, -0.15) is 0 Å². The van der Waals surface area contributed by atoms with Crippen LogP contribution in [0.5, 0.6) is 0 Å². The predicted molar refractivity (Wildman–Crippen MR) is 130 cm³/mol. The van der Waals surface area contributed by atoms with Gasteiger partial charge < -0.3 is 10.2 Å². The van der Waals surface area contributed by atoms with Crippen LogP contribution in [0.3, 0.4) is 0 Å². The normalized spacial score (nSPS) is 33.4. The van der Waals surface area contributed by atoms with E-state index in [0.29, 0.717) is 23.7 Å². The average molecular weight is 431 g/mol. The van der Waals surface area contributed by atoms with Gasteiger partial charge >= 0.3 is 0 Å². The SMILES string of the molecule is CC(=O)C[C@H](O)CC1=C/C=C/[C@@H]2CC[C@H]([C@H](C)CCCC(C)(C)O)[C@@]2(C)CC/C=C\1C. The van der Waals surface area contributed by atoms with E-state index in [1.54, 1.807) is 0 Å². The van der Waals surface area contributed by atoms with Crippen LogP contribution in [0.2, 0.25) is 0 Å². The molecular weight excluding hydrogens is 384 g/mol. The quantitative estimate of drug-likeness (QED) is 0.436. The lowest BCUT2D eigenvalue weighted by Gasteiger charge is -2.39. The highest BCUT2D eigenvalue weighted by Gasteiger charge is 2.46. The van der Waals surface area contributed by atoms with Crippen molar-refractivity contribution in [3.05, 3.63) is 35.5 Å². The van der Waals surface area contributed by atoms with E-state index >= 15 is 0 Å². The van der Waals surface area contributed by atoms with Gasteiger partial charge in [0.2, 0.25) is 0 Å². The van der Waals surface area contributed by atoms with Gasteiger partial charge in [0.15, 0.2) is 0 Å². The lowest BCUT2D eigenvalue weighted by molar-refractivity contribution is -0.118. The summed E-state index contributed by atoms with van der Waals surface area (Å²) < 4.78 is 0. The van der Waals surface area contributed by atoms with E-state index in [9.17, 15) is 15.0 Å². The number of carbonyl (C=O) groups is 1. The number of allylic oxidation sites excluding steroid dienone is 5. The Morgan fingerprint density at radius 3 is 2.68 bits per heavy atom. The average Bonchev–Trinajstić information content (AvgIpc) is 2.95. The third-order valence-corrected chi connectivity index (χ3v) is 7.88. The van der Waals surface area contributed by atoms with Crippen molar-refractivity contribution in [3.8, 4) is 0 Å². The Morgan fingerprint density at radius 1 is 1.32 bits per heavy atom. The van der Waals surface area contributed by atoms with E-state index in [-0.39, 0.29) is 12.2 Å². The molecule has 0 spiro atoms. The summed E-state index contributed by atoms with van der Waals surface area (Å²) in [6, 6.07) is 0. The fourth-order valence-electron chi connectivity index (χ4n) is 6.03. The second-order valence-electron chi connectivity index (χ2n) is 11.2. The van der Waals surface area contributed by atoms with Crippen LogP contribution < -0.4 is 0 Å². The van der Waals surface area contributed by atoms with E-state index in [0.717, 1.165) is 30.8 Å². The van der Waals surface area contributed by atoms with Gasteiger partial charge in [-0.3, -0.25) is 4.79 Å². The van der Waals surface area contributed by atoms with Gasteiger partial charge in [0.25, 0.3) is 0 Å². The molecule has 2 aliphatic rings. The molecule has 2 N–H and O–H groups in total. The second kappa shape index (κ2) is 11.1. The first kappa shape index (κ1) is 26.1. The van der Waals surface area contributed by atoms with Crippen molar-refractivity contribution in [3.63, 3.8) is 0 Å². The largest absolute Gasteiger partial charge is 0.392 e. The fourth-order valence-corrected chi connectivity index (χ4v) is 6.03. The summed E-state index contributed by atoms with van der Waals surface area (Å²) in [5.74, 6) is 2.01. The van der Waals surface area contributed by atoms with Gasteiger partial charge in [-0.15, -0.1) is 0 Å². The molecule has 3 heteroatoms. The Balaban J connectivity index is 2.11. The number of aliphatic hydroxyl groups excluding tert-OH is 1. The maximum Gasteiger partial charge on any atom is 0.132 e. The molecule has 0 amide bonds. The van der Waals surface area contributed by atoms with Gasteiger partial charge in [0, 0.05) is 6.42 Å². The van der Waals surface area contributed by atoms with Crippen molar-refractivity contribution in [2.75, 3.05) is 0 Å². The number of fused-ring (bicyclic) bond motifs is 1. The molecular formula is C28H46O3. The molecule has 176 valence electrons. The van der Waals surface area contributed by atoms with E-state index in [1.165, 1.54) is 38.2 Å². The molecule has 2 rings (SSSR count). The highest BCUT2D eigenvalue weighted by atomic mass is 16.3. The third kappa shape index (κ3) is 7.71. The summed E-state index contributed by atoms with van der Waals surface area (Å²) in [5, 5.41) is 20.3. The van der Waals surface area contributed by atoms with Gasteiger partial charge in [-0.1, -0.05) is 56.6 Å². The Hall–Kier alpha value is -1.19. The molecule has 0 aromatic carbocycles. The van der Waals surface area contributed by atoms with Gasteiger partial charge in [0.1, 0.15) is 5.78 Å². The minimum atomic E-state index is -0.602. The van der Waals surface area contributed by atoms with Crippen molar-refractivity contribution in [1.82, 2.24) is 0 Å². The number of hydrogen-bond donors (Lipinski definition) is 2. The molecule has 0 radical (unpaired) electrons. The Labute approximate surface area is 190 Å². The van der Waals surface area contributed by atoms with Crippen LogP contribution >= 0.6 is 0 Å². The van der Waals surface area contributed by atoms with Crippen LogP contribution in [0.25, 0.3) is 0 Å². The topological polar surface area (TPSA) is 57.5 Å². The standard InChI is InChI=1S/C28H46O3/c1-20-10-9-17-28(6)24(13-7-12-23(20)19-25(30)18-22(3)29)14-15-26(28)21(2)11-8-16-27(4,5)31/h7,10,12-13,21,24-26,30-31H,8-9,11,14-19H2,1-6H3/b13-7+,20-10-,23-12-/t21-,24-,25+,26-,28+/m1/s1. The molecule has 1 fully saturated rings. The summed E-state index contributed by atoms with van der Waals surface area (Å²) in [5.41, 5.74) is 2.11. The summed E-state index contributed by atoms with van der Waals surface area (Å²) in [6.07, 6.45) is 17.2. The first-order chi connectivity index (χ1) is 14.4. The Kier molecular flexibility index (Phi) is 9.33. The summed E-state index contributed by atoms with van der Waals surface area (Å²) in [7, 11) is 0. The fraction of sp³-hybridized carbons (Fsp3) is 0.750. The number of aliphatic hydroxyl groups is 2. The highest BCUT2D eigenvalue weighted by molar-refractivity contribution is 5.76. The zero-order valence-corrected chi connectivity index (χ0v) is 20.8. The van der Waals surface area contributed by atoms with Crippen molar-refractivity contribution in [1.29, 1.82) is 0 Å². The lowest BCUT2D eigenvalue weighted by atomic mass is 9.65. The number of carbonyl (C=O) groups excluding carboxylic acids is 1. The van der Waals surface area contributed by atoms with Crippen LogP contribution in [0, 0.1) is 23.2 Å². The van der Waals surface area contributed by atoms with Gasteiger partial charge in [-0.25, -0.2) is 0 Å². The van der Waals surface area contributed by atoms with Crippen LogP contribution in [0.15, 0.2) is 35.5 Å². The molecule has 2 aliphatic carbocycles. The first-order valence-electron chi connectivity index (χ1n) is 12.4. The molecule has 0 saturated heterocycles. The molecule has 1 saturated carbocycles. The van der Waals surface area contributed by atoms with Crippen molar-refractivity contribution >= 4 is 5.78 Å². The minimum absolute atomic E-state index is 0.0366. The van der Waals surface area contributed by atoms with E-state index in [2.05, 4.69) is 45.1 Å². The van der Waals surface area contributed by atoms with E-state index < -0.39 is 11.7 Å². The number of ketones is 1. The highest BCUT2D eigenvalue weighted by Crippen LogP contribution is 2.55. The number of rotatable bonds is 9. The maximum absolute atomic E-state index is 11.3.